The van der Waals surface area contributed by atoms with E-state index in [9.17, 15) is 0 Å². The van der Waals surface area contributed by atoms with Gasteiger partial charge in [0.1, 0.15) is 5.54 Å². The van der Waals surface area contributed by atoms with Crippen LogP contribution in [-0.2, 0) is 0 Å². The molecule has 0 bridgehead atoms. The number of nitriles is 1. The van der Waals surface area contributed by atoms with Gasteiger partial charge in [0, 0.05) is 19.1 Å². The summed E-state index contributed by atoms with van der Waals surface area (Å²) >= 11 is 0. The second kappa shape index (κ2) is 3.65. The molecule has 0 spiro atoms. The molecule has 3 heteroatoms. The summed E-state index contributed by atoms with van der Waals surface area (Å²) in [5, 5.41) is 9.17. The van der Waals surface area contributed by atoms with E-state index in [1.54, 1.807) is 0 Å². The average Bonchev–Trinajstić information content (AvgIpc) is 2.49. The molecule has 1 atom stereocenters. The Balaban J connectivity index is 2.70. The molecule has 0 aliphatic carbocycles. The van der Waals surface area contributed by atoms with E-state index in [0.717, 1.165) is 19.5 Å². The van der Waals surface area contributed by atoms with Gasteiger partial charge in [0.05, 0.1) is 6.07 Å². The molecule has 74 valence electrons. The van der Waals surface area contributed by atoms with Gasteiger partial charge in [-0.15, -0.1) is 0 Å². The maximum atomic E-state index is 9.17. The van der Waals surface area contributed by atoms with Gasteiger partial charge >= 0.3 is 0 Å². The SMILES string of the molecule is CC(C)N1CCC(C#N)(N(C)C)C1. The first-order valence-electron chi connectivity index (χ1n) is 4.84. The smallest absolute Gasteiger partial charge is 0.122 e. The topological polar surface area (TPSA) is 30.3 Å². The first-order valence-corrected chi connectivity index (χ1v) is 4.84. The zero-order valence-corrected chi connectivity index (χ0v) is 9.04. The normalized spacial score (nSPS) is 29.9. The molecule has 13 heavy (non-hydrogen) atoms. The maximum absolute atomic E-state index is 9.17. The van der Waals surface area contributed by atoms with Crippen molar-refractivity contribution in [2.45, 2.75) is 31.8 Å². The molecular weight excluding hydrogens is 162 g/mol. The standard InChI is InChI=1S/C10H19N3/c1-9(2)13-6-5-10(7-11,8-13)12(3)4/h9H,5-6,8H2,1-4H3. The number of hydrogen-bond acceptors (Lipinski definition) is 3. The van der Waals surface area contributed by atoms with Crippen molar-refractivity contribution in [3.63, 3.8) is 0 Å². The van der Waals surface area contributed by atoms with Gasteiger partial charge in [-0.05, 0) is 34.4 Å². The van der Waals surface area contributed by atoms with Crippen LogP contribution in [-0.4, -0.2) is 48.6 Å². The van der Waals surface area contributed by atoms with Crippen molar-refractivity contribution in [1.82, 2.24) is 9.80 Å². The van der Waals surface area contributed by atoms with Gasteiger partial charge in [0.2, 0.25) is 0 Å². The van der Waals surface area contributed by atoms with E-state index in [2.05, 4.69) is 29.7 Å². The Morgan fingerprint density at radius 2 is 2.08 bits per heavy atom. The number of likely N-dealkylation sites (tertiary alicyclic amines) is 1. The van der Waals surface area contributed by atoms with Crippen LogP contribution in [0.4, 0.5) is 0 Å². The molecule has 0 amide bonds. The van der Waals surface area contributed by atoms with Crippen LogP contribution in [0, 0.1) is 11.3 Å². The zero-order chi connectivity index (χ0) is 10.1. The van der Waals surface area contributed by atoms with E-state index in [-0.39, 0.29) is 5.54 Å². The Morgan fingerprint density at radius 1 is 1.46 bits per heavy atom. The summed E-state index contributed by atoms with van der Waals surface area (Å²) in [5.74, 6) is 0. The molecule has 0 aromatic rings. The minimum absolute atomic E-state index is 0.246. The molecule has 3 nitrogen and oxygen atoms in total. The van der Waals surface area contributed by atoms with Gasteiger partial charge in [-0.2, -0.15) is 5.26 Å². The summed E-state index contributed by atoms with van der Waals surface area (Å²) in [7, 11) is 3.99. The van der Waals surface area contributed by atoms with E-state index in [4.69, 9.17) is 5.26 Å². The molecule has 1 heterocycles. The third kappa shape index (κ3) is 1.84. The predicted molar refractivity (Wildman–Crippen MR) is 53.4 cm³/mol. The highest BCUT2D eigenvalue weighted by Crippen LogP contribution is 2.26. The summed E-state index contributed by atoms with van der Waals surface area (Å²) < 4.78 is 0. The average molecular weight is 181 g/mol. The summed E-state index contributed by atoms with van der Waals surface area (Å²) in [6.07, 6.45) is 0.967. The summed E-state index contributed by atoms with van der Waals surface area (Å²) in [6.45, 7) is 6.30. The van der Waals surface area contributed by atoms with Crippen molar-refractivity contribution in [2.24, 2.45) is 0 Å². The lowest BCUT2D eigenvalue weighted by Crippen LogP contribution is -2.46. The maximum Gasteiger partial charge on any atom is 0.122 e. The van der Waals surface area contributed by atoms with Crippen LogP contribution < -0.4 is 0 Å². The second-order valence-electron chi connectivity index (χ2n) is 4.35. The Hall–Kier alpha value is -0.590. The van der Waals surface area contributed by atoms with Crippen LogP contribution in [0.5, 0.6) is 0 Å². The van der Waals surface area contributed by atoms with E-state index in [1.807, 2.05) is 14.1 Å². The minimum atomic E-state index is -0.246. The molecule has 0 N–H and O–H groups in total. The fourth-order valence-corrected chi connectivity index (χ4v) is 1.82. The van der Waals surface area contributed by atoms with E-state index in [0.29, 0.717) is 6.04 Å². The molecule has 0 aromatic carbocycles. The first kappa shape index (κ1) is 10.5. The van der Waals surface area contributed by atoms with Gasteiger partial charge in [-0.3, -0.25) is 9.80 Å². The van der Waals surface area contributed by atoms with Crippen LogP contribution >= 0.6 is 0 Å². The quantitative estimate of drug-likeness (QED) is 0.634. The van der Waals surface area contributed by atoms with Crippen molar-refractivity contribution < 1.29 is 0 Å². The molecule has 1 rings (SSSR count). The van der Waals surface area contributed by atoms with E-state index in [1.165, 1.54) is 0 Å². The Kier molecular flexibility index (Phi) is 2.94. The monoisotopic (exact) mass is 181 g/mol. The Labute approximate surface area is 80.9 Å². The molecule has 0 saturated carbocycles. The molecule has 0 radical (unpaired) electrons. The number of rotatable bonds is 2. The Morgan fingerprint density at radius 3 is 2.31 bits per heavy atom. The summed E-state index contributed by atoms with van der Waals surface area (Å²) in [5.41, 5.74) is -0.246. The molecular formula is C10H19N3. The lowest BCUT2D eigenvalue weighted by atomic mass is 10.00. The van der Waals surface area contributed by atoms with Gasteiger partial charge < -0.3 is 0 Å². The zero-order valence-electron chi connectivity index (χ0n) is 9.04. The van der Waals surface area contributed by atoms with Crippen molar-refractivity contribution in [1.29, 1.82) is 5.26 Å². The molecule has 1 aliphatic rings. The van der Waals surface area contributed by atoms with Gasteiger partial charge in [-0.25, -0.2) is 0 Å². The summed E-state index contributed by atoms with van der Waals surface area (Å²) in [4.78, 5) is 4.42. The van der Waals surface area contributed by atoms with E-state index < -0.39 is 0 Å². The lowest BCUT2D eigenvalue weighted by Gasteiger charge is -2.30. The van der Waals surface area contributed by atoms with Crippen LogP contribution in [0.3, 0.4) is 0 Å². The van der Waals surface area contributed by atoms with Crippen LogP contribution in [0.1, 0.15) is 20.3 Å². The van der Waals surface area contributed by atoms with Gasteiger partial charge in [-0.1, -0.05) is 0 Å². The molecule has 1 unspecified atom stereocenters. The van der Waals surface area contributed by atoms with E-state index >= 15 is 0 Å². The fourth-order valence-electron chi connectivity index (χ4n) is 1.82. The highest BCUT2D eigenvalue weighted by molar-refractivity contribution is 5.12. The summed E-state index contributed by atoms with van der Waals surface area (Å²) in [6, 6.07) is 3.00. The van der Waals surface area contributed by atoms with Gasteiger partial charge in [0.15, 0.2) is 0 Å². The molecule has 1 fully saturated rings. The second-order valence-corrected chi connectivity index (χ2v) is 4.35. The molecule has 0 aromatic heterocycles. The van der Waals surface area contributed by atoms with Crippen LogP contribution in [0.15, 0.2) is 0 Å². The fraction of sp³-hybridized carbons (Fsp3) is 0.900. The number of hydrogen-bond donors (Lipinski definition) is 0. The van der Waals surface area contributed by atoms with Gasteiger partial charge in [0.25, 0.3) is 0 Å². The van der Waals surface area contributed by atoms with Crippen LogP contribution in [0.25, 0.3) is 0 Å². The lowest BCUT2D eigenvalue weighted by molar-refractivity contribution is 0.193. The highest BCUT2D eigenvalue weighted by atomic mass is 15.3. The number of nitrogens with zero attached hydrogens (tertiary/aromatic N) is 3. The van der Waals surface area contributed by atoms with Crippen molar-refractivity contribution in [3.8, 4) is 6.07 Å². The van der Waals surface area contributed by atoms with Crippen molar-refractivity contribution in [2.75, 3.05) is 27.2 Å². The third-order valence-corrected chi connectivity index (χ3v) is 3.07. The molecule has 1 aliphatic heterocycles. The third-order valence-electron chi connectivity index (χ3n) is 3.07. The van der Waals surface area contributed by atoms with Crippen molar-refractivity contribution >= 4 is 0 Å². The predicted octanol–water partition coefficient (Wildman–Crippen LogP) is 0.924. The Bertz CT molecular complexity index is 217. The highest BCUT2D eigenvalue weighted by Gasteiger charge is 2.40. The number of likely N-dealkylation sites (N-methyl/N-ethyl adjacent to an activating group) is 1. The molecule has 1 saturated heterocycles. The minimum Gasteiger partial charge on any atom is -0.298 e. The largest absolute Gasteiger partial charge is 0.298 e. The first-order chi connectivity index (χ1) is 6.02. The van der Waals surface area contributed by atoms with Crippen molar-refractivity contribution in [3.05, 3.63) is 0 Å². The van der Waals surface area contributed by atoms with Crippen LogP contribution in [0.2, 0.25) is 0 Å².